The number of nitriles is 1. The molecule has 3 nitrogen and oxygen atoms in total. The van der Waals surface area contributed by atoms with Gasteiger partial charge in [0.25, 0.3) is 0 Å². The second-order valence-corrected chi connectivity index (χ2v) is 5.32. The van der Waals surface area contributed by atoms with Crippen LogP contribution < -0.4 is 4.74 Å². The van der Waals surface area contributed by atoms with E-state index in [4.69, 9.17) is 10.00 Å². The molecule has 0 heterocycles. The third-order valence-electron chi connectivity index (χ3n) is 3.66. The lowest BCUT2D eigenvalue weighted by molar-refractivity contribution is 0.307. The Bertz CT molecular complexity index is 464. The molecule has 2 atom stereocenters. The van der Waals surface area contributed by atoms with Crippen LogP contribution in [0.4, 0.5) is 0 Å². The van der Waals surface area contributed by atoms with Gasteiger partial charge in [-0.2, -0.15) is 5.26 Å². The van der Waals surface area contributed by atoms with Crippen LogP contribution in [0.2, 0.25) is 0 Å². The van der Waals surface area contributed by atoms with Gasteiger partial charge in [0.15, 0.2) is 0 Å². The SMILES string of the molecule is COc1ccc(CN(C)CC2CC2C)cc1C#N. The van der Waals surface area contributed by atoms with E-state index in [1.54, 1.807) is 7.11 Å². The van der Waals surface area contributed by atoms with Crippen LogP contribution in [0.5, 0.6) is 5.75 Å². The molecule has 96 valence electrons. The number of benzene rings is 1. The molecule has 0 aromatic heterocycles. The Balaban J connectivity index is 1.98. The first-order valence-electron chi connectivity index (χ1n) is 6.39. The number of rotatable bonds is 5. The van der Waals surface area contributed by atoms with E-state index in [0.717, 1.165) is 24.9 Å². The average molecular weight is 244 g/mol. The Morgan fingerprint density at radius 2 is 2.22 bits per heavy atom. The van der Waals surface area contributed by atoms with E-state index >= 15 is 0 Å². The molecule has 1 aromatic rings. The molecule has 0 radical (unpaired) electrons. The minimum Gasteiger partial charge on any atom is -0.495 e. The molecule has 1 aliphatic carbocycles. The highest BCUT2D eigenvalue weighted by Crippen LogP contribution is 2.38. The number of ether oxygens (including phenoxy) is 1. The lowest BCUT2D eigenvalue weighted by atomic mass is 10.1. The Morgan fingerprint density at radius 3 is 2.78 bits per heavy atom. The number of methoxy groups -OCH3 is 1. The molecule has 0 N–H and O–H groups in total. The van der Waals surface area contributed by atoms with Crippen LogP contribution in [-0.4, -0.2) is 25.6 Å². The summed E-state index contributed by atoms with van der Waals surface area (Å²) < 4.78 is 5.15. The van der Waals surface area contributed by atoms with E-state index < -0.39 is 0 Å². The van der Waals surface area contributed by atoms with Crippen LogP contribution in [0.3, 0.4) is 0 Å². The van der Waals surface area contributed by atoms with Crippen LogP contribution in [0, 0.1) is 23.2 Å². The fourth-order valence-electron chi connectivity index (χ4n) is 2.37. The highest BCUT2D eigenvalue weighted by atomic mass is 16.5. The number of nitrogens with zero attached hydrogens (tertiary/aromatic N) is 2. The Morgan fingerprint density at radius 1 is 1.50 bits per heavy atom. The monoisotopic (exact) mass is 244 g/mol. The van der Waals surface area contributed by atoms with Gasteiger partial charge in [-0.05, 0) is 43.0 Å². The Kier molecular flexibility index (Phi) is 3.88. The van der Waals surface area contributed by atoms with Gasteiger partial charge in [-0.1, -0.05) is 13.0 Å². The molecule has 1 aromatic carbocycles. The first-order chi connectivity index (χ1) is 8.63. The Hall–Kier alpha value is -1.53. The van der Waals surface area contributed by atoms with Crippen molar-refractivity contribution < 1.29 is 4.74 Å². The van der Waals surface area contributed by atoms with Crippen LogP contribution in [0.15, 0.2) is 18.2 Å². The third kappa shape index (κ3) is 3.02. The molecule has 2 rings (SSSR count). The molecular weight excluding hydrogens is 224 g/mol. The summed E-state index contributed by atoms with van der Waals surface area (Å²) in [6, 6.07) is 8.01. The number of hydrogen-bond acceptors (Lipinski definition) is 3. The third-order valence-corrected chi connectivity index (χ3v) is 3.66. The molecular formula is C15H20N2O. The van der Waals surface area contributed by atoms with Crippen molar-refractivity contribution in [3.63, 3.8) is 0 Å². The fraction of sp³-hybridized carbons (Fsp3) is 0.533. The van der Waals surface area contributed by atoms with E-state index in [-0.39, 0.29) is 0 Å². The summed E-state index contributed by atoms with van der Waals surface area (Å²) in [7, 11) is 3.73. The van der Waals surface area contributed by atoms with Gasteiger partial charge in [0.1, 0.15) is 11.8 Å². The maximum absolute atomic E-state index is 9.05. The highest BCUT2D eigenvalue weighted by molar-refractivity contribution is 5.45. The second-order valence-electron chi connectivity index (χ2n) is 5.32. The number of hydrogen-bond donors (Lipinski definition) is 0. The zero-order chi connectivity index (χ0) is 13.1. The molecule has 0 spiro atoms. The minimum absolute atomic E-state index is 0.614. The van der Waals surface area contributed by atoms with Crippen molar-refractivity contribution in [3.8, 4) is 11.8 Å². The van der Waals surface area contributed by atoms with Gasteiger partial charge in [0.05, 0.1) is 12.7 Å². The lowest BCUT2D eigenvalue weighted by Gasteiger charge is -2.17. The van der Waals surface area contributed by atoms with Gasteiger partial charge in [0, 0.05) is 13.1 Å². The van der Waals surface area contributed by atoms with Crippen molar-refractivity contribution >= 4 is 0 Å². The maximum Gasteiger partial charge on any atom is 0.136 e. The molecule has 1 fully saturated rings. The van der Waals surface area contributed by atoms with Gasteiger partial charge in [-0.15, -0.1) is 0 Å². The molecule has 18 heavy (non-hydrogen) atoms. The topological polar surface area (TPSA) is 36.3 Å². The van der Waals surface area contributed by atoms with Gasteiger partial charge in [-0.3, -0.25) is 0 Å². The average Bonchev–Trinajstić information content (AvgIpc) is 3.04. The highest BCUT2D eigenvalue weighted by Gasteiger charge is 2.32. The maximum atomic E-state index is 9.05. The van der Waals surface area contributed by atoms with Gasteiger partial charge in [0.2, 0.25) is 0 Å². The molecule has 0 bridgehead atoms. The lowest BCUT2D eigenvalue weighted by Crippen LogP contribution is -2.20. The van der Waals surface area contributed by atoms with Gasteiger partial charge >= 0.3 is 0 Å². The Labute approximate surface area is 109 Å². The van der Waals surface area contributed by atoms with E-state index in [9.17, 15) is 0 Å². The van der Waals surface area contributed by atoms with Crippen molar-refractivity contribution in [3.05, 3.63) is 29.3 Å². The summed E-state index contributed by atoms with van der Waals surface area (Å²) in [5, 5.41) is 9.05. The molecule has 1 aliphatic rings. The molecule has 1 saturated carbocycles. The summed E-state index contributed by atoms with van der Waals surface area (Å²) in [5.74, 6) is 2.40. The molecule has 0 aliphatic heterocycles. The largest absolute Gasteiger partial charge is 0.495 e. The van der Waals surface area contributed by atoms with Crippen molar-refractivity contribution in [2.24, 2.45) is 11.8 Å². The van der Waals surface area contributed by atoms with Gasteiger partial charge in [-0.25, -0.2) is 0 Å². The summed E-state index contributed by atoms with van der Waals surface area (Å²) in [6.07, 6.45) is 1.36. The van der Waals surface area contributed by atoms with Crippen LogP contribution in [0.1, 0.15) is 24.5 Å². The van der Waals surface area contributed by atoms with Gasteiger partial charge < -0.3 is 9.64 Å². The first kappa shape index (κ1) is 12.9. The van der Waals surface area contributed by atoms with Crippen LogP contribution >= 0.6 is 0 Å². The van der Waals surface area contributed by atoms with Crippen molar-refractivity contribution in [2.45, 2.75) is 19.9 Å². The van der Waals surface area contributed by atoms with E-state index in [0.29, 0.717) is 11.3 Å². The standard InChI is InChI=1S/C15H20N2O/c1-11-6-14(11)10-17(2)9-12-4-5-15(18-3)13(7-12)8-16/h4-5,7,11,14H,6,9-10H2,1-3H3. The summed E-state index contributed by atoms with van der Waals surface area (Å²) in [4.78, 5) is 2.33. The van der Waals surface area contributed by atoms with Crippen molar-refractivity contribution in [1.29, 1.82) is 5.26 Å². The van der Waals surface area contributed by atoms with E-state index in [1.165, 1.54) is 12.0 Å². The normalized spacial score (nSPS) is 21.7. The van der Waals surface area contributed by atoms with E-state index in [1.807, 2.05) is 18.2 Å². The summed E-state index contributed by atoms with van der Waals surface area (Å²) >= 11 is 0. The smallest absolute Gasteiger partial charge is 0.136 e. The van der Waals surface area contributed by atoms with E-state index in [2.05, 4.69) is 24.9 Å². The second kappa shape index (κ2) is 5.41. The van der Waals surface area contributed by atoms with Crippen LogP contribution in [-0.2, 0) is 6.54 Å². The molecule has 0 saturated heterocycles. The summed E-state index contributed by atoms with van der Waals surface area (Å²) in [5.41, 5.74) is 1.78. The van der Waals surface area contributed by atoms with Crippen molar-refractivity contribution in [2.75, 3.05) is 20.7 Å². The first-order valence-corrected chi connectivity index (χ1v) is 6.39. The zero-order valence-corrected chi connectivity index (χ0v) is 11.3. The molecule has 0 amide bonds. The zero-order valence-electron chi connectivity index (χ0n) is 11.3. The molecule has 3 heteroatoms. The minimum atomic E-state index is 0.614. The predicted octanol–water partition coefficient (Wildman–Crippen LogP) is 2.65. The van der Waals surface area contributed by atoms with Crippen LogP contribution in [0.25, 0.3) is 0 Å². The quantitative estimate of drug-likeness (QED) is 0.799. The summed E-state index contributed by atoms with van der Waals surface area (Å²) in [6.45, 7) is 4.34. The molecule has 2 unspecified atom stereocenters. The predicted molar refractivity (Wildman–Crippen MR) is 71.3 cm³/mol. The van der Waals surface area contributed by atoms with Crippen molar-refractivity contribution in [1.82, 2.24) is 4.90 Å². The fourth-order valence-corrected chi connectivity index (χ4v) is 2.37.